The molecule has 0 nitrogen and oxygen atoms in total. The lowest BCUT2D eigenvalue weighted by molar-refractivity contribution is 0.368. The Morgan fingerprint density at radius 1 is 0.889 bits per heavy atom. The summed E-state index contributed by atoms with van der Waals surface area (Å²) in [5.74, 6) is 2.92. The molecule has 0 fully saturated rings. The van der Waals surface area contributed by atoms with Crippen molar-refractivity contribution < 1.29 is 0 Å². The Morgan fingerprint density at radius 3 is 1.89 bits per heavy atom. The van der Waals surface area contributed by atoms with E-state index in [4.69, 9.17) is 0 Å². The van der Waals surface area contributed by atoms with Gasteiger partial charge in [-0.1, -0.05) is 73.1 Å². The van der Waals surface area contributed by atoms with Crippen LogP contribution in [0.1, 0.15) is 67.2 Å². The molecule has 0 N–H and O–H groups in total. The van der Waals surface area contributed by atoms with Gasteiger partial charge in [-0.25, -0.2) is 0 Å². The second-order valence-corrected chi connectivity index (χ2v) is 6.78. The standard InChI is InChI=1S/C18H34/c1-13(2)12-17(7)18(8)16(6)11-9-10-15(5)14(3)4/h13-16H,7-12H2,1-6H3. The third-order valence-corrected chi connectivity index (χ3v) is 4.14. The highest BCUT2D eigenvalue weighted by Gasteiger charge is 2.12. The van der Waals surface area contributed by atoms with E-state index in [0.717, 1.165) is 18.3 Å². The van der Waals surface area contributed by atoms with Crippen molar-refractivity contribution in [1.29, 1.82) is 0 Å². The fourth-order valence-corrected chi connectivity index (χ4v) is 2.23. The Morgan fingerprint density at radius 2 is 1.44 bits per heavy atom. The molecular formula is C18H34. The predicted molar refractivity (Wildman–Crippen MR) is 84.8 cm³/mol. The number of rotatable bonds is 9. The molecule has 0 aromatic carbocycles. The van der Waals surface area contributed by atoms with Crippen LogP contribution in [-0.4, -0.2) is 0 Å². The van der Waals surface area contributed by atoms with Crippen LogP contribution in [-0.2, 0) is 0 Å². The smallest absolute Gasteiger partial charge is 0.0194 e. The van der Waals surface area contributed by atoms with Gasteiger partial charge in [-0.05, 0) is 42.1 Å². The zero-order valence-corrected chi connectivity index (χ0v) is 13.6. The van der Waals surface area contributed by atoms with Crippen LogP contribution in [0.15, 0.2) is 24.3 Å². The van der Waals surface area contributed by atoms with Crippen LogP contribution in [0.3, 0.4) is 0 Å². The van der Waals surface area contributed by atoms with Crippen LogP contribution in [0.4, 0.5) is 0 Å². The summed E-state index contributed by atoms with van der Waals surface area (Å²) in [6.07, 6.45) is 5.00. The van der Waals surface area contributed by atoms with Crippen molar-refractivity contribution in [2.75, 3.05) is 0 Å². The Balaban J connectivity index is 3.98. The summed E-state index contributed by atoms with van der Waals surface area (Å²) < 4.78 is 0. The Hall–Kier alpha value is -0.520. The minimum Gasteiger partial charge on any atom is -0.0956 e. The summed E-state index contributed by atoms with van der Waals surface area (Å²) in [4.78, 5) is 0. The van der Waals surface area contributed by atoms with E-state index in [0.29, 0.717) is 11.8 Å². The lowest BCUT2D eigenvalue weighted by atomic mass is 9.86. The summed E-state index contributed by atoms with van der Waals surface area (Å²) >= 11 is 0. The third kappa shape index (κ3) is 7.03. The van der Waals surface area contributed by atoms with Gasteiger partial charge in [0, 0.05) is 0 Å². The van der Waals surface area contributed by atoms with Crippen molar-refractivity contribution in [3.63, 3.8) is 0 Å². The summed E-state index contributed by atoms with van der Waals surface area (Å²) in [5.41, 5.74) is 2.54. The zero-order valence-electron chi connectivity index (χ0n) is 13.6. The summed E-state index contributed by atoms with van der Waals surface area (Å²) in [7, 11) is 0. The lowest BCUT2D eigenvalue weighted by Gasteiger charge is -2.20. The average molecular weight is 250 g/mol. The molecule has 0 heteroatoms. The molecule has 0 aliphatic heterocycles. The van der Waals surface area contributed by atoms with Crippen molar-refractivity contribution >= 4 is 0 Å². The van der Waals surface area contributed by atoms with Crippen LogP contribution in [0.25, 0.3) is 0 Å². The molecule has 0 heterocycles. The molecule has 106 valence electrons. The largest absolute Gasteiger partial charge is 0.0956 e. The molecule has 18 heavy (non-hydrogen) atoms. The molecule has 2 atom stereocenters. The summed E-state index contributed by atoms with van der Waals surface area (Å²) in [6.45, 7) is 22.2. The molecule has 0 amide bonds. The molecule has 0 aliphatic rings. The molecule has 0 aromatic rings. The molecule has 0 radical (unpaired) electrons. The zero-order chi connectivity index (χ0) is 14.3. The molecule has 2 unspecified atom stereocenters. The van der Waals surface area contributed by atoms with Crippen LogP contribution >= 0.6 is 0 Å². The van der Waals surface area contributed by atoms with Gasteiger partial charge >= 0.3 is 0 Å². The number of allylic oxidation sites excluding steroid dienone is 2. The second-order valence-electron chi connectivity index (χ2n) is 6.78. The first kappa shape index (κ1) is 17.5. The Kier molecular flexibility index (Phi) is 8.31. The Bertz CT molecular complexity index is 257. The van der Waals surface area contributed by atoms with Crippen LogP contribution in [0, 0.1) is 23.7 Å². The number of hydrogen-bond acceptors (Lipinski definition) is 0. The van der Waals surface area contributed by atoms with Gasteiger partial charge in [0.15, 0.2) is 0 Å². The fraction of sp³-hybridized carbons (Fsp3) is 0.778. The molecule has 0 aliphatic carbocycles. The Labute approximate surface area is 116 Å². The van der Waals surface area contributed by atoms with Gasteiger partial charge < -0.3 is 0 Å². The maximum atomic E-state index is 4.24. The van der Waals surface area contributed by atoms with E-state index in [1.54, 1.807) is 0 Å². The molecule has 0 saturated heterocycles. The molecule has 0 spiro atoms. The third-order valence-electron chi connectivity index (χ3n) is 4.14. The molecular weight excluding hydrogens is 216 g/mol. The van der Waals surface area contributed by atoms with E-state index in [9.17, 15) is 0 Å². The fourth-order valence-electron chi connectivity index (χ4n) is 2.23. The average Bonchev–Trinajstić information content (AvgIpc) is 2.26. The highest BCUT2D eigenvalue weighted by atomic mass is 14.2. The van der Waals surface area contributed by atoms with Crippen LogP contribution < -0.4 is 0 Å². The molecule has 0 rings (SSSR count). The van der Waals surface area contributed by atoms with E-state index in [1.165, 1.54) is 30.4 Å². The van der Waals surface area contributed by atoms with Gasteiger partial charge in [-0.3, -0.25) is 0 Å². The van der Waals surface area contributed by atoms with E-state index < -0.39 is 0 Å². The van der Waals surface area contributed by atoms with Crippen molar-refractivity contribution in [3.8, 4) is 0 Å². The molecule has 0 bridgehead atoms. The first-order valence-electron chi connectivity index (χ1n) is 7.62. The summed E-state index contributed by atoms with van der Waals surface area (Å²) in [5, 5.41) is 0. The quantitative estimate of drug-likeness (QED) is 0.425. The van der Waals surface area contributed by atoms with Gasteiger partial charge in [0.2, 0.25) is 0 Å². The first-order valence-corrected chi connectivity index (χ1v) is 7.62. The second kappa shape index (κ2) is 8.56. The van der Waals surface area contributed by atoms with E-state index in [2.05, 4.69) is 54.7 Å². The maximum absolute atomic E-state index is 4.24. The number of hydrogen-bond donors (Lipinski definition) is 0. The van der Waals surface area contributed by atoms with E-state index in [1.807, 2.05) is 0 Å². The van der Waals surface area contributed by atoms with Crippen LogP contribution in [0.2, 0.25) is 0 Å². The van der Waals surface area contributed by atoms with E-state index >= 15 is 0 Å². The lowest BCUT2D eigenvalue weighted by Crippen LogP contribution is -2.07. The van der Waals surface area contributed by atoms with Gasteiger partial charge in [0.1, 0.15) is 0 Å². The SMILES string of the molecule is C=C(CC(C)C)C(=C)C(C)CCCC(C)C(C)C. The molecule has 0 aromatic heterocycles. The molecule has 0 saturated carbocycles. The van der Waals surface area contributed by atoms with Gasteiger partial charge in [-0.2, -0.15) is 0 Å². The van der Waals surface area contributed by atoms with Gasteiger partial charge in [0.25, 0.3) is 0 Å². The predicted octanol–water partition coefficient (Wildman–Crippen LogP) is 6.24. The van der Waals surface area contributed by atoms with Gasteiger partial charge in [-0.15, -0.1) is 0 Å². The highest BCUT2D eigenvalue weighted by molar-refractivity contribution is 5.27. The monoisotopic (exact) mass is 250 g/mol. The van der Waals surface area contributed by atoms with Crippen molar-refractivity contribution in [2.45, 2.75) is 67.2 Å². The van der Waals surface area contributed by atoms with Crippen molar-refractivity contribution in [1.82, 2.24) is 0 Å². The van der Waals surface area contributed by atoms with Crippen molar-refractivity contribution in [2.24, 2.45) is 23.7 Å². The summed E-state index contributed by atoms with van der Waals surface area (Å²) in [6, 6.07) is 0. The van der Waals surface area contributed by atoms with Crippen molar-refractivity contribution in [3.05, 3.63) is 24.3 Å². The minimum atomic E-state index is 0.593. The van der Waals surface area contributed by atoms with Crippen LogP contribution in [0.5, 0.6) is 0 Å². The van der Waals surface area contributed by atoms with Gasteiger partial charge in [0.05, 0.1) is 0 Å². The minimum absolute atomic E-state index is 0.593. The normalized spacial score (nSPS) is 14.9. The van der Waals surface area contributed by atoms with E-state index in [-0.39, 0.29) is 0 Å². The highest BCUT2D eigenvalue weighted by Crippen LogP contribution is 2.27. The first-order chi connectivity index (χ1) is 8.25. The maximum Gasteiger partial charge on any atom is -0.0194 e. The topological polar surface area (TPSA) is 0 Å².